The topological polar surface area (TPSA) is 85.8 Å². The zero-order valence-corrected chi connectivity index (χ0v) is 15.9. The van der Waals surface area contributed by atoms with Crippen LogP contribution in [-0.2, 0) is 4.79 Å². The van der Waals surface area contributed by atoms with Gasteiger partial charge in [-0.2, -0.15) is 0 Å². The third-order valence-electron chi connectivity index (χ3n) is 4.29. The Labute approximate surface area is 162 Å². The van der Waals surface area contributed by atoms with Gasteiger partial charge in [0, 0.05) is 17.3 Å². The van der Waals surface area contributed by atoms with Gasteiger partial charge in [0.2, 0.25) is 5.91 Å². The minimum Gasteiger partial charge on any atom is -0.493 e. The van der Waals surface area contributed by atoms with Crippen LogP contribution in [0.2, 0.25) is 0 Å². The largest absolute Gasteiger partial charge is 0.493 e. The van der Waals surface area contributed by atoms with E-state index in [1.165, 1.54) is 0 Å². The maximum Gasteiger partial charge on any atom is 0.236 e. The molecule has 1 aliphatic heterocycles. The highest BCUT2D eigenvalue weighted by Gasteiger charge is 2.38. The molecule has 1 saturated heterocycles. The monoisotopic (exact) mass is 385 g/mol. The minimum absolute atomic E-state index is 0.225. The van der Waals surface area contributed by atoms with Crippen LogP contribution in [0.25, 0.3) is 0 Å². The van der Waals surface area contributed by atoms with Crippen molar-refractivity contribution in [1.29, 1.82) is 0 Å². The van der Waals surface area contributed by atoms with Crippen LogP contribution in [0.15, 0.2) is 55.0 Å². The Morgan fingerprint density at radius 2 is 2.07 bits per heavy atom. The summed E-state index contributed by atoms with van der Waals surface area (Å²) in [5, 5.41) is 9.40. The standard InChI is InChI=1S/C19H20N4O3S/c1-11-15(18(24)22-12-6-5-9-20-10-12)16(23-19(27)21-11)13-7-4-8-14(25-2)17(13)26-3/h4-10,15-16H,1H2,2-3H3,(H,22,24)(H2,21,23,27)/p+1. The number of benzene rings is 1. The summed E-state index contributed by atoms with van der Waals surface area (Å²) in [6.45, 7) is 4.00. The number of pyridine rings is 1. The molecule has 2 atom stereocenters. The maximum atomic E-state index is 13.0. The van der Waals surface area contributed by atoms with E-state index in [4.69, 9.17) is 21.7 Å². The Kier molecular flexibility index (Phi) is 5.56. The number of carbonyl (C=O) groups excluding carboxylic acids is 1. The van der Waals surface area contributed by atoms with E-state index in [1.807, 2.05) is 12.1 Å². The number of para-hydroxylation sites is 1. The summed E-state index contributed by atoms with van der Waals surface area (Å²) in [4.78, 5) is 16.0. The Bertz CT molecular complexity index is 873. The van der Waals surface area contributed by atoms with E-state index < -0.39 is 12.0 Å². The number of nitrogens with one attached hydrogen (secondary N) is 4. The quantitative estimate of drug-likeness (QED) is 0.681. The number of amides is 1. The number of aromatic amines is 1. The van der Waals surface area contributed by atoms with E-state index in [0.717, 1.165) is 5.56 Å². The van der Waals surface area contributed by atoms with Crippen LogP contribution in [-0.4, -0.2) is 25.2 Å². The van der Waals surface area contributed by atoms with Crippen molar-refractivity contribution in [1.82, 2.24) is 10.6 Å². The van der Waals surface area contributed by atoms with Gasteiger partial charge in [0.15, 0.2) is 29.0 Å². The minimum atomic E-state index is -0.627. The number of hydrogen-bond donors (Lipinski definition) is 3. The summed E-state index contributed by atoms with van der Waals surface area (Å²) >= 11 is 5.28. The van der Waals surface area contributed by atoms with E-state index >= 15 is 0 Å². The van der Waals surface area contributed by atoms with E-state index in [2.05, 4.69) is 27.5 Å². The molecule has 0 spiro atoms. The fourth-order valence-corrected chi connectivity index (χ4v) is 3.36. The Morgan fingerprint density at radius 1 is 1.26 bits per heavy atom. The molecule has 1 amide bonds. The van der Waals surface area contributed by atoms with Crippen LogP contribution in [0, 0.1) is 5.92 Å². The van der Waals surface area contributed by atoms with Crippen LogP contribution in [0.4, 0.5) is 5.69 Å². The first-order valence-electron chi connectivity index (χ1n) is 8.29. The lowest BCUT2D eigenvalue weighted by Gasteiger charge is -2.36. The molecule has 1 fully saturated rings. The van der Waals surface area contributed by atoms with Crippen molar-refractivity contribution in [3.63, 3.8) is 0 Å². The molecule has 7 nitrogen and oxygen atoms in total. The fraction of sp³-hybridized carbons (Fsp3) is 0.211. The fourth-order valence-electron chi connectivity index (χ4n) is 3.10. The average Bonchev–Trinajstić information content (AvgIpc) is 2.67. The maximum absolute atomic E-state index is 13.0. The zero-order chi connectivity index (χ0) is 19.4. The average molecular weight is 385 g/mol. The summed E-state index contributed by atoms with van der Waals surface area (Å²) in [5.74, 6) is 0.263. The first-order chi connectivity index (χ1) is 13.0. The number of anilines is 1. The summed E-state index contributed by atoms with van der Waals surface area (Å²) in [7, 11) is 3.13. The van der Waals surface area contributed by atoms with Gasteiger partial charge in [0.25, 0.3) is 0 Å². The number of aromatic nitrogens is 1. The highest BCUT2D eigenvalue weighted by atomic mass is 32.1. The first kappa shape index (κ1) is 18.7. The van der Waals surface area contributed by atoms with Crippen molar-refractivity contribution in [2.45, 2.75) is 6.04 Å². The molecule has 4 N–H and O–H groups in total. The Morgan fingerprint density at radius 3 is 2.74 bits per heavy atom. The molecule has 3 rings (SSSR count). The number of hydrogen-bond acceptors (Lipinski definition) is 4. The highest BCUT2D eigenvalue weighted by molar-refractivity contribution is 7.80. The lowest BCUT2D eigenvalue weighted by atomic mass is 9.87. The molecule has 0 radical (unpaired) electrons. The second-order valence-electron chi connectivity index (χ2n) is 5.94. The predicted molar refractivity (Wildman–Crippen MR) is 105 cm³/mol. The summed E-state index contributed by atoms with van der Waals surface area (Å²) in [5.41, 5.74) is 1.91. The zero-order valence-electron chi connectivity index (χ0n) is 15.0. The highest BCUT2D eigenvalue weighted by Crippen LogP contribution is 2.40. The van der Waals surface area contributed by atoms with Crippen LogP contribution in [0.1, 0.15) is 11.6 Å². The van der Waals surface area contributed by atoms with Crippen molar-refractivity contribution in [3.8, 4) is 11.5 Å². The molecule has 2 heterocycles. The predicted octanol–water partition coefficient (Wildman–Crippen LogP) is 1.81. The van der Waals surface area contributed by atoms with Gasteiger partial charge in [0.05, 0.1) is 20.3 Å². The smallest absolute Gasteiger partial charge is 0.236 e. The molecule has 1 aromatic carbocycles. The van der Waals surface area contributed by atoms with Crippen molar-refractivity contribution < 1.29 is 19.3 Å². The van der Waals surface area contributed by atoms with Crippen LogP contribution in [0.3, 0.4) is 0 Å². The van der Waals surface area contributed by atoms with Gasteiger partial charge in [-0.3, -0.25) is 4.79 Å². The first-order valence-corrected chi connectivity index (χ1v) is 8.70. The normalized spacial score (nSPS) is 18.9. The van der Waals surface area contributed by atoms with Gasteiger partial charge in [-0.15, -0.1) is 0 Å². The number of carbonyl (C=O) groups is 1. The van der Waals surface area contributed by atoms with Gasteiger partial charge in [-0.25, -0.2) is 4.98 Å². The Hall–Kier alpha value is -3.13. The molecule has 0 saturated carbocycles. The lowest BCUT2D eigenvalue weighted by molar-refractivity contribution is -0.377. The van der Waals surface area contributed by atoms with Crippen LogP contribution in [0.5, 0.6) is 11.5 Å². The number of thiocarbonyl (C=S) groups is 1. The van der Waals surface area contributed by atoms with Gasteiger partial charge in [-0.1, -0.05) is 18.7 Å². The summed E-state index contributed by atoms with van der Waals surface area (Å²) in [6.07, 6.45) is 3.47. The molecule has 27 heavy (non-hydrogen) atoms. The molecule has 8 heteroatoms. The number of methoxy groups -OCH3 is 2. The second-order valence-corrected chi connectivity index (χ2v) is 6.35. The molecule has 1 aromatic heterocycles. The van der Waals surface area contributed by atoms with E-state index in [1.54, 1.807) is 44.8 Å². The Balaban J connectivity index is 1.99. The molecule has 0 bridgehead atoms. The van der Waals surface area contributed by atoms with Gasteiger partial charge in [-0.05, 0) is 24.4 Å². The second kappa shape index (κ2) is 8.05. The molecule has 2 aromatic rings. The third kappa shape index (κ3) is 3.85. The molecule has 0 aliphatic carbocycles. The molecule has 2 unspecified atom stereocenters. The van der Waals surface area contributed by atoms with Gasteiger partial charge >= 0.3 is 0 Å². The van der Waals surface area contributed by atoms with Crippen molar-refractivity contribution in [3.05, 3.63) is 60.6 Å². The molecular formula is C19H21N4O3S+. The van der Waals surface area contributed by atoms with Crippen molar-refractivity contribution in [2.75, 3.05) is 19.5 Å². The third-order valence-corrected chi connectivity index (χ3v) is 4.51. The van der Waals surface area contributed by atoms with E-state index in [-0.39, 0.29) is 5.91 Å². The summed E-state index contributed by atoms with van der Waals surface area (Å²) in [6, 6.07) is 8.64. The van der Waals surface area contributed by atoms with Gasteiger partial charge < -0.3 is 25.4 Å². The molecule has 1 aliphatic rings. The summed E-state index contributed by atoms with van der Waals surface area (Å²) < 4.78 is 10.9. The van der Waals surface area contributed by atoms with Crippen LogP contribution < -0.4 is 30.4 Å². The number of rotatable bonds is 5. The van der Waals surface area contributed by atoms with E-state index in [0.29, 0.717) is 28.0 Å². The van der Waals surface area contributed by atoms with Crippen LogP contribution >= 0.6 is 12.2 Å². The number of H-pyrrole nitrogens is 1. The SMILES string of the molecule is C=C1NC(=S)NC(c2cccc(OC)c2OC)C1C(=O)Nc1ccc[nH+]c1. The van der Waals surface area contributed by atoms with Gasteiger partial charge in [0.1, 0.15) is 11.6 Å². The van der Waals surface area contributed by atoms with Crippen molar-refractivity contribution in [2.24, 2.45) is 5.92 Å². The number of ether oxygens (including phenoxy) is 2. The van der Waals surface area contributed by atoms with Crippen molar-refractivity contribution >= 4 is 28.9 Å². The molecule has 140 valence electrons. The van der Waals surface area contributed by atoms with E-state index in [9.17, 15) is 4.79 Å². The molecular weight excluding hydrogens is 364 g/mol. The lowest BCUT2D eigenvalue weighted by Crippen LogP contribution is -2.51.